The lowest BCUT2D eigenvalue weighted by atomic mass is 10.1. The van der Waals surface area contributed by atoms with Crippen molar-refractivity contribution in [2.45, 2.75) is 6.42 Å². The standard InChI is InChI=1S/C20H18FN3O/c21-17-12-14(8-9-19(17)24-10-4-1-5-11-24)22-13-16-15-6-2-3-7-18(15)23-20(16)25/h1-4,6-9,12-13,22H,5,10-11H2,(H,23,25). The molecule has 5 heteroatoms. The van der Waals surface area contributed by atoms with Crippen LogP contribution in [-0.4, -0.2) is 19.0 Å². The largest absolute Gasteiger partial charge is 0.365 e. The smallest absolute Gasteiger partial charge is 0.257 e. The highest BCUT2D eigenvalue weighted by atomic mass is 19.1. The normalized spacial score (nSPS) is 17.6. The summed E-state index contributed by atoms with van der Waals surface area (Å²) in [5.41, 5.74) is 3.39. The molecule has 0 spiro atoms. The summed E-state index contributed by atoms with van der Waals surface area (Å²) in [6, 6.07) is 12.6. The number of benzene rings is 2. The number of hydrogen-bond acceptors (Lipinski definition) is 3. The molecule has 0 fully saturated rings. The van der Waals surface area contributed by atoms with Crippen molar-refractivity contribution in [2.75, 3.05) is 28.6 Å². The van der Waals surface area contributed by atoms with Gasteiger partial charge in [-0.05, 0) is 30.7 Å². The molecule has 2 N–H and O–H groups in total. The Labute approximate surface area is 145 Å². The van der Waals surface area contributed by atoms with Crippen LogP contribution < -0.4 is 15.5 Å². The van der Waals surface area contributed by atoms with Gasteiger partial charge >= 0.3 is 0 Å². The zero-order valence-corrected chi connectivity index (χ0v) is 13.6. The Morgan fingerprint density at radius 2 is 2.04 bits per heavy atom. The van der Waals surface area contributed by atoms with Crippen LogP contribution in [-0.2, 0) is 4.79 Å². The molecule has 0 saturated heterocycles. The van der Waals surface area contributed by atoms with Gasteiger partial charge < -0.3 is 15.5 Å². The van der Waals surface area contributed by atoms with Crippen LogP contribution in [0, 0.1) is 5.82 Å². The average molecular weight is 335 g/mol. The van der Waals surface area contributed by atoms with Crippen molar-refractivity contribution in [3.8, 4) is 0 Å². The third-order valence-electron chi connectivity index (χ3n) is 4.44. The summed E-state index contributed by atoms with van der Waals surface area (Å²) in [6.07, 6.45) is 6.72. The van der Waals surface area contributed by atoms with Gasteiger partial charge in [0.1, 0.15) is 5.82 Å². The second kappa shape index (κ2) is 6.43. The fourth-order valence-corrected chi connectivity index (χ4v) is 3.15. The molecule has 2 aromatic rings. The van der Waals surface area contributed by atoms with Crippen molar-refractivity contribution < 1.29 is 9.18 Å². The van der Waals surface area contributed by atoms with Gasteiger partial charge in [-0.2, -0.15) is 0 Å². The van der Waals surface area contributed by atoms with Crippen molar-refractivity contribution in [3.63, 3.8) is 0 Å². The van der Waals surface area contributed by atoms with Gasteiger partial charge in [0.2, 0.25) is 0 Å². The molecule has 0 bridgehead atoms. The van der Waals surface area contributed by atoms with Crippen LogP contribution in [0.15, 0.2) is 60.8 Å². The predicted octanol–water partition coefficient (Wildman–Crippen LogP) is 4.00. The van der Waals surface area contributed by atoms with E-state index in [4.69, 9.17) is 0 Å². The molecule has 25 heavy (non-hydrogen) atoms. The van der Waals surface area contributed by atoms with E-state index < -0.39 is 0 Å². The van der Waals surface area contributed by atoms with Crippen LogP contribution in [0.5, 0.6) is 0 Å². The summed E-state index contributed by atoms with van der Waals surface area (Å²) in [5, 5.41) is 5.85. The number of nitrogens with zero attached hydrogens (tertiary/aromatic N) is 1. The van der Waals surface area contributed by atoms with Gasteiger partial charge in [-0.1, -0.05) is 30.4 Å². The summed E-state index contributed by atoms with van der Waals surface area (Å²) in [5.74, 6) is -0.430. The monoisotopic (exact) mass is 335 g/mol. The molecule has 0 atom stereocenters. The van der Waals surface area contributed by atoms with E-state index >= 15 is 0 Å². The minimum atomic E-state index is -0.269. The van der Waals surface area contributed by atoms with E-state index in [1.165, 1.54) is 6.07 Å². The van der Waals surface area contributed by atoms with Crippen LogP contribution in [0.4, 0.5) is 21.5 Å². The lowest BCUT2D eigenvalue weighted by molar-refractivity contribution is -0.110. The van der Waals surface area contributed by atoms with Gasteiger partial charge in [0.05, 0.1) is 11.3 Å². The topological polar surface area (TPSA) is 44.4 Å². The molecular weight excluding hydrogens is 317 g/mol. The Balaban J connectivity index is 1.55. The molecule has 1 amide bonds. The Morgan fingerprint density at radius 3 is 2.84 bits per heavy atom. The molecule has 2 heterocycles. The van der Waals surface area contributed by atoms with E-state index in [0.717, 1.165) is 30.8 Å². The Hall–Kier alpha value is -3.08. The van der Waals surface area contributed by atoms with E-state index in [1.807, 2.05) is 35.2 Å². The average Bonchev–Trinajstić information content (AvgIpc) is 2.96. The summed E-state index contributed by atoms with van der Waals surface area (Å²) in [7, 11) is 0. The van der Waals surface area contributed by atoms with Gasteiger partial charge in [0, 0.05) is 36.2 Å². The molecule has 0 radical (unpaired) electrons. The fourth-order valence-electron chi connectivity index (χ4n) is 3.15. The molecule has 2 aromatic carbocycles. The van der Waals surface area contributed by atoms with Crippen LogP contribution >= 0.6 is 0 Å². The van der Waals surface area contributed by atoms with E-state index in [-0.39, 0.29) is 11.7 Å². The third kappa shape index (κ3) is 3.01. The molecular formula is C20H18FN3O. The fraction of sp³-hybridized carbons (Fsp3) is 0.150. The number of carbonyl (C=O) groups is 1. The second-order valence-electron chi connectivity index (χ2n) is 6.07. The highest BCUT2D eigenvalue weighted by molar-refractivity contribution is 6.31. The molecule has 0 unspecified atom stereocenters. The third-order valence-corrected chi connectivity index (χ3v) is 4.44. The molecule has 2 aliphatic heterocycles. The van der Waals surface area contributed by atoms with E-state index in [2.05, 4.69) is 22.8 Å². The summed E-state index contributed by atoms with van der Waals surface area (Å²) in [6.45, 7) is 1.55. The van der Waals surface area contributed by atoms with Gasteiger partial charge in [0.25, 0.3) is 5.91 Å². The summed E-state index contributed by atoms with van der Waals surface area (Å²) < 4.78 is 14.4. The highest BCUT2D eigenvalue weighted by Gasteiger charge is 2.23. The maximum Gasteiger partial charge on any atom is 0.257 e. The maximum atomic E-state index is 14.4. The highest BCUT2D eigenvalue weighted by Crippen LogP contribution is 2.31. The number of carbonyl (C=O) groups excluding carboxylic acids is 1. The van der Waals surface area contributed by atoms with Crippen molar-refractivity contribution >= 4 is 28.5 Å². The summed E-state index contributed by atoms with van der Waals surface area (Å²) >= 11 is 0. The van der Waals surface area contributed by atoms with Crippen molar-refractivity contribution in [1.29, 1.82) is 0 Å². The first-order valence-corrected chi connectivity index (χ1v) is 8.29. The molecule has 4 rings (SSSR count). The number of fused-ring (bicyclic) bond motifs is 1. The molecule has 4 nitrogen and oxygen atoms in total. The first-order valence-electron chi connectivity index (χ1n) is 8.29. The molecule has 0 aliphatic carbocycles. The zero-order valence-electron chi connectivity index (χ0n) is 13.6. The number of para-hydroxylation sites is 1. The maximum absolute atomic E-state index is 14.4. The number of amides is 1. The number of anilines is 3. The molecule has 0 aromatic heterocycles. The summed E-state index contributed by atoms with van der Waals surface area (Å²) in [4.78, 5) is 14.1. The number of halogens is 1. The van der Waals surface area contributed by atoms with E-state index in [0.29, 0.717) is 16.9 Å². The predicted molar refractivity (Wildman–Crippen MR) is 99.0 cm³/mol. The SMILES string of the molecule is O=C1Nc2ccccc2C1=CNc1ccc(N2CC=CCC2)c(F)c1. The van der Waals surface area contributed by atoms with Crippen LogP contribution in [0.25, 0.3) is 5.57 Å². The Morgan fingerprint density at radius 1 is 1.16 bits per heavy atom. The molecule has 0 saturated carbocycles. The van der Waals surface area contributed by atoms with Gasteiger partial charge in [0.15, 0.2) is 0 Å². The van der Waals surface area contributed by atoms with E-state index in [9.17, 15) is 9.18 Å². The molecule has 2 aliphatic rings. The van der Waals surface area contributed by atoms with Crippen LogP contribution in [0.1, 0.15) is 12.0 Å². The Kier molecular flexibility index (Phi) is 3.98. The molecule has 126 valence electrons. The number of rotatable bonds is 3. The van der Waals surface area contributed by atoms with Crippen molar-refractivity contribution in [1.82, 2.24) is 0 Å². The number of nitrogens with one attached hydrogen (secondary N) is 2. The lowest BCUT2D eigenvalue weighted by Crippen LogP contribution is -2.27. The first-order chi connectivity index (χ1) is 12.2. The van der Waals surface area contributed by atoms with Crippen LogP contribution in [0.3, 0.4) is 0 Å². The quantitative estimate of drug-likeness (QED) is 0.658. The van der Waals surface area contributed by atoms with Gasteiger partial charge in [-0.25, -0.2) is 4.39 Å². The van der Waals surface area contributed by atoms with Gasteiger partial charge in [-0.15, -0.1) is 0 Å². The van der Waals surface area contributed by atoms with E-state index in [1.54, 1.807) is 12.3 Å². The zero-order chi connectivity index (χ0) is 17.2. The lowest BCUT2D eigenvalue weighted by Gasteiger charge is -2.26. The number of hydrogen-bond donors (Lipinski definition) is 2. The van der Waals surface area contributed by atoms with Crippen molar-refractivity contribution in [2.24, 2.45) is 0 Å². The van der Waals surface area contributed by atoms with Crippen molar-refractivity contribution in [3.05, 3.63) is 72.2 Å². The van der Waals surface area contributed by atoms with Crippen LogP contribution in [0.2, 0.25) is 0 Å². The first kappa shape index (κ1) is 15.4. The minimum Gasteiger partial charge on any atom is -0.365 e. The second-order valence-corrected chi connectivity index (χ2v) is 6.07. The Bertz CT molecular complexity index is 888. The van der Waals surface area contributed by atoms with Gasteiger partial charge in [-0.3, -0.25) is 4.79 Å². The minimum absolute atomic E-state index is 0.161.